The minimum Gasteiger partial charge on any atom is -0.364 e. The van der Waals surface area contributed by atoms with E-state index in [1.807, 2.05) is 27.7 Å². The molecule has 3 nitrogen and oxygen atoms in total. The predicted octanol–water partition coefficient (Wildman–Crippen LogP) is 2.64. The maximum absolute atomic E-state index is 11.6. The molecule has 13 heavy (non-hydrogen) atoms. The van der Waals surface area contributed by atoms with Gasteiger partial charge in [0.05, 0.1) is 11.3 Å². The van der Waals surface area contributed by atoms with Crippen molar-refractivity contribution in [3.05, 3.63) is 17.5 Å². The van der Waals surface area contributed by atoms with E-state index in [4.69, 9.17) is 4.52 Å². The van der Waals surface area contributed by atoms with Crippen LogP contribution in [0.1, 0.15) is 49.7 Å². The molecular formula is C10H15NO2. The third-order valence-corrected chi connectivity index (χ3v) is 1.93. The smallest absolute Gasteiger partial charge is 0.170 e. The molecule has 1 aromatic rings. The lowest BCUT2D eigenvalue weighted by Crippen LogP contribution is -2.09. The molecule has 0 N–H and O–H groups in total. The fourth-order valence-corrected chi connectivity index (χ4v) is 1.16. The fourth-order valence-electron chi connectivity index (χ4n) is 1.16. The van der Waals surface area contributed by atoms with Gasteiger partial charge in [0.1, 0.15) is 6.26 Å². The molecule has 0 atom stereocenters. The Balaban J connectivity index is 3.01. The number of rotatable bonds is 3. The van der Waals surface area contributed by atoms with Crippen LogP contribution in [0.5, 0.6) is 0 Å². The fraction of sp³-hybridized carbons (Fsp3) is 0.600. The molecule has 0 fully saturated rings. The van der Waals surface area contributed by atoms with Gasteiger partial charge in [-0.05, 0) is 5.92 Å². The summed E-state index contributed by atoms with van der Waals surface area (Å²) < 4.78 is 4.81. The topological polar surface area (TPSA) is 43.1 Å². The van der Waals surface area contributed by atoms with Crippen LogP contribution >= 0.6 is 0 Å². The average molecular weight is 181 g/mol. The van der Waals surface area contributed by atoms with Crippen LogP contribution in [0.4, 0.5) is 0 Å². The van der Waals surface area contributed by atoms with Crippen LogP contribution in [0.25, 0.3) is 0 Å². The Morgan fingerprint density at radius 1 is 1.38 bits per heavy atom. The quantitative estimate of drug-likeness (QED) is 0.673. The van der Waals surface area contributed by atoms with Crippen molar-refractivity contribution in [3.8, 4) is 0 Å². The van der Waals surface area contributed by atoms with Crippen LogP contribution < -0.4 is 0 Å². The second kappa shape index (κ2) is 3.73. The minimum absolute atomic E-state index is 0.00287. The highest BCUT2D eigenvalue weighted by atomic mass is 16.5. The number of hydrogen-bond acceptors (Lipinski definition) is 3. The van der Waals surface area contributed by atoms with Gasteiger partial charge in [0, 0.05) is 5.92 Å². The van der Waals surface area contributed by atoms with Crippen molar-refractivity contribution in [2.24, 2.45) is 5.92 Å². The van der Waals surface area contributed by atoms with Gasteiger partial charge in [-0.25, -0.2) is 0 Å². The monoisotopic (exact) mass is 181 g/mol. The molecule has 0 spiro atoms. The summed E-state index contributed by atoms with van der Waals surface area (Å²) >= 11 is 0. The Morgan fingerprint density at radius 2 is 2.00 bits per heavy atom. The molecule has 1 heterocycles. The van der Waals surface area contributed by atoms with Crippen LogP contribution in [0, 0.1) is 5.92 Å². The van der Waals surface area contributed by atoms with Crippen LogP contribution in [-0.4, -0.2) is 10.9 Å². The first-order chi connectivity index (χ1) is 6.04. The van der Waals surface area contributed by atoms with Gasteiger partial charge in [-0.15, -0.1) is 0 Å². The van der Waals surface area contributed by atoms with Gasteiger partial charge in [0.25, 0.3) is 0 Å². The highest BCUT2D eigenvalue weighted by Crippen LogP contribution is 2.20. The Kier molecular flexibility index (Phi) is 2.86. The standard InChI is InChI=1S/C10H15NO2/c1-6(2)9-8(5-13-11-9)10(12)7(3)4/h5-7H,1-4H3. The van der Waals surface area contributed by atoms with Gasteiger partial charge < -0.3 is 4.52 Å². The van der Waals surface area contributed by atoms with E-state index < -0.39 is 0 Å². The molecule has 0 aromatic carbocycles. The van der Waals surface area contributed by atoms with Crippen LogP contribution in [0.2, 0.25) is 0 Å². The Hall–Kier alpha value is -1.12. The maximum Gasteiger partial charge on any atom is 0.170 e. The second-order valence-corrected chi connectivity index (χ2v) is 3.79. The van der Waals surface area contributed by atoms with E-state index in [9.17, 15) is 4.79 Å². The molecule has 1 rings (SSSR count). The molecule has 0 unspecified atom stereocenters. The summed E-state index contributed by atoms with van der Waals surface area (Å²) in [5.41, 5.74) is 1.39. The summed E-state index contributed by atoms with van der Waals surface area (Å²) in [6.07, 6.45) is 1.44. The van der Waals surface area contributed by atoms with Crippen LogP contribution in [-0.2, 0) is 0 Å². The van der Waals surface area contributed by atoms with Gasteiger partial charge in [-0.3, -0.25) is 4.79 Å². The number of nitrogens with zero attached hydrogens (tertiary/aromatic N) is 1. The summed E-state index contributed by atoms with van der Waals surface area (Å²) in [6, 6.07) is 0. The van der Waals surface area contributed by atoms with Gasteiger partial charge in [0.2, 0.25) is 0 Å². The number of aromatic nitrogens is 1. The Labute approximate surface area is 78.1 Å². The van der Waals surface area contributed by atoms with E-state index in [0.717, 1.165) is 5.69 Å². The van der Waals surface area contributed by atoms with Crippen molar-refractivity contribution >= 4 is 5.78 Å². The van der Waals surface area contributed by atoms with Crippen molar-refractivity contribution in [3.63, 3.8) is 0 Å². The van der Waals surface area contributed by atoms with Crippen LogP contribution in [0.15, 0.2) is 10.8 Å². The molecule has 0 aliphatic rings. The molecule has 0 radical (unpaired) electrons. The predicted molar refractivity (Wildman–Crippen MR) is 49.8 cm³/mol. The summed E-state index contributed by atoms with van der Waals surface area (Å²) in [4.78, 5) is 11.6. The lowest BCUT2D eigenvalue weighted by Gasteiger charge is -2.04. The number of carbonyl (C=O) groups is 1. The zero-order valence-corrected chi connectivity index (χ0v) is 8.50. The molecular weight excluding hydrogens is 166 g/mol. The van der Waals surface area contributed by atoms with E-state index in [-0.39, 0.29) is 17.6 Å². The van der Waals surface area contributed by atoms with Gasteiger partial charge in [-0.1, -0.05) is 32.9 Å². The first-order valence-corrected chi connectivity index (χ1v) is 4.52. The van der Waals surface area contributed by atoms with Crippen molar-refractivity contribution < 1.29 is 9.32 Å². The van der Waals surface area contributed by atoms with E-state index in [2.05, 4.69) is 5.16 Å². The third-order valence-electron chi connectivity index (χ3n) is 1.93. The summed E-state index contributed by atoms with van der Waals surface area (Å²) in [7, 11) is 0. The Bertz CT molecular complexity index is 300. The molecule has 0 aliphatic heterocycles. The molecule has 72 valence electrons. The number of carbonyl (C=O) groups excluding carboxylic acids is 1. The maximum atomic E-state index is 11.6. The lowest BCUT2D eigenvalue weighted by molar-refractivity contribution is 0.0937. The Morgan fingerprint density at radius 3 is 2.46 bits per heavy atom. The normalized spacial score (nSPS) is 11.2. The van der Waals surface area contributed by atoms with E-state index in [0.29, 0.717) is 5.56 Å². The minimum atomic E-state index is -0.00287. The molecule has 0 saturated heterocycles. The average Bonchev–Trinajstić information content (AvgIpc) is 2.50. The van der Waals surface area contributed by atoms with E-state index in [1.165, 1.54) is 6.26 Å². The third kappa shape index (κ3) is 1.97. The van der Waals surface area contributed by atoms with Crippen molar-refractivity contribution in [1.82, 2.24) is 5.16 Å². The highest BCUT2D eigenvalue weighted by Gasteiger charge is 2.20. The van der Waals surface area contributed by atoms with Gasteiger partial charge >= 0.3 is 0 Å². The van der Waals surface area contributed by atoms with Crippen LogP contribution in [0.3, 0.4) is 0 Å². The van der Waals surface area contributed by atoms with E-state index in [1.54, 1.807) is 0 Å². The summed E-state index contributed by atoms with van der Waals surface area (Å²) in [5, 5.41) is 3.82. The van der Waals surface area contributed by atoms with Crippen molar-refractivity contribution in [2.45, 2.75) is 33.6 Å². The molecule has 0 amide bonds. The summed E-state index contributed by atoms with van der Waals surface area (Å²) in [6.45, 7) is 7.74. The number of hydrogen-bond donors (Lipinski definition) is 0. The largest absolute Gasteiger partial charge is 0.364 e. The number of Topliss-reactive ketones (excluding diaryl/α,β-unsaturated/α-hetero) is 1. The highest BCUT2D eigenvalue weighted by molar-refractivity contribution is 5.98. The molecule has 0 bridgehead atoms. The first-order valence-electron chi connectivity index (χ1n) is 4.52. The molecule has 3 heteroatoms. The number of ketones is 1. The molecule has 1 aromatic heterocycles. The molecule has 0 aliphatic carbocycles. The zero-order valence-electron chi connectivity index (χ0n) is 8.50. The van der Waals surface area contributed by atoms with Crippen molar-refractivity contribution in [2.75, 3.05) is 0 Å². The van der Waals surface area contributed by atoms with Gasteiger partial charge in [-0.2, -0.15) is 0 Å². The zero-order chi connectivity index (χ0) is 10.0. The SMILES string of the molecule is CC(C)C(=O)c1conc1C(C)C. The lowest BCUT2D eigenvalue weighted by atomic mass is 9.97. The summed E-state index contributed by atoms with van der Waals surface area (Å²) in [5.74, 6) is 0.332. The molecule has 0 saturated carbocycles. The van der Waals surface area contributed by atoms with Gasteiger partial charge in [0.15, 0.2) is 5.78 Å². The van der Waals surface area contributed by atoms with E-state index >= 15 is 0 Å². The van der Waals surface area contributed by atoms with Crippen molar-refractivity contribution in [1.29, 1.82) is 0 Å². The first kappa shape index (κ1) is 9.96. The second-order valence-electron chi connectivity index (χ2n) is 3.79.